The summed E-state index contributed by atoms with van der Waals surface area (Å²) in [5.41, 5.74) is 2.59. The Kier molecular flexibility index (Phi) is 4.86. The summed E-state index contributed by atoms with van der Waals surface area (Å²) in [6, 6.07) is 12.3. The summed E-state index contributed by atoms with van der Waals surface area (Å²) in [6.07, 6.45) is 3.12. The van der Waals surface area contributed by atoms with E-state index in [1.165, 1.54) is 6.33 Å². The second-order valence-electron chi connectivity index (χ2n) is 5.33. The van der Waals surface area contributed by atoms with E-state index in [-0.39, 0.29) is 4.90 Å². The van der Waals surface area contributed by atoms with Gasteiger partial charge in [0.05, 0.1) is 17.1 Å². The zero-order chi connectivity index (χ0) is 17.2. The summed E-state index contributed by atoms with van der Waals surface area (Å²) >= 11 is 2.12. The molecular formula is C16H15IN4O2S. The van der Waals surface area contributed by atoms with Gasteiger partial charge in [-0.1, -0.05) is 23.8 Å². The minimum atomic E-state index is -3.60. The molecule has 0 atom stereocenters. The summed E-state index contributed by atoms with van der Waals surface area (Å²) in [7, 11) is -3.60. The molecule has 0 bridgehead atoms. The highest BCUT2D eigenvalue weighted by Gasteiger charge is 2.15. The van der Waals surface area contributed by atoms with Crippen molar-refractivity contribution in [2.45, 2.75) is 18.4 Å². The lowest BCUT2D eigenvalue weighted by Gasteiger charge is -2.11. The van der Waals surface area contributed by atoms with Crippen molar-refractivity contribution in [2.24, 2.45) is 0 Å². The Labute approximate surface area is 154 Å². The van der Waals surface area contributed by atoms with Gasteiger partial charge < -0.3 is 0 Å². The van der Waals surface area contributed by atoms with E-state index in [2.05, 4.69) is 37.4 Å². The quantitative estimate of drug-likeness (QED) is 0.602. The highest BCUT2D eigenvalue weighted by atomic mass is 127. The van der Waals surface area contributed by atoms with Gasteiger partial charge >= 0.3 is 0 Å². The first-order valence-corrected chi connectivity index (χ1v) is 9.70. The molecule has 0 spiro atoms. The summed E-state index contributed by atoms with van der Waals surface area (Å²) in [5, 5.41) is 4.06. The molecule has 6 nitrogen and oxygen atoms in total. The van der Waals surface area contributed by atoms with E-state index in [4.69, 9.17) is 0 Å². The zero-order valence-corrected chi connectivity index (χ0v) is 15.8. The zero-order valence-electron chi connectivity index (χ0n) is 12.8. The molecule has 2 aromatic carbocycles. The molecular weight excluding hydrogens is 439 g/mol. The van der Waals surface area contributed by atoms with E-state index < -0.39 is 10.0 Å². The molecule has 1 aromatic heterocycles. The number of nitrogens with one attached hydrogen (secondary N) is 1. The smallest absolute Gasteiger partial charge is 0.261 e. The van der Waals surface area contributed by atoms with Crippen LogP contribution >= 0.6 is 22.6 Å². The third kappa shape index (κ3) is 3.93. The summed E-state index contributed by atoms with van der Waals surface area (Å²) in [5.74, 6) is 0. The number of anilines is 1. The number of aryl methyl sites for hydroxylation is 1. The monoisotopic (exact) mass is 454 g/mol. The minimum absolute atomic E-state index is 0.246. The SMILES string of the molecule is Cc1ccc(S(=O)(=O)Nc2ccc(Cn3cncn3)cc2I)cc1. The Balaban J connectivity index is 1.81. The average molecular weight is 454 g/mol. The van der Waals surface area contributed by atoms with Crippen LogP contribution in [0.3, 0.4) is 0 Å². The lowest BCUT2D eigenvalue weighted by Crippen LogP contribution is -2.14. The molecule has 0 fully saturated rings. The Bertz CT molecular complexity index is 939. The summed E-state index contributed by atoms with van der Waals surface area (Å²) < 4.78 is 30.1. The highest BCUT2D eigenvalue weighted by molar-refractivity contribution is 14.1. The van der Waals surface area contributed by atoms with Gasteiger partial charge in [-0.2, -0.15) is 5.10 Å². The normalized spacial score (nSPS) is 11.4. The molecule has 0 aliphatic rings. The van der Waals surface area contributed by atoms with E-state index in [0.717, 1.165) is 14.7 Å². The van der Waals surface area contributed by atoms with Crippen LogP contribution in [0.15, 0.2) is 60.0 Å². The van der Waals surface area contributed by atoms with E-state index >= 15 is 0 Å². The molecule has 0 amide bonds. The number of rotatable bonds is 5. The Morgan fingerprint density at radius 3 is 2.54 bits per heavy atom. The van der Waals surface area contributed by atoms with Crippen LogP contribution in [0, 0.1) is 10.5 Å². The molecule has 3 rings (SSSR count). The topological polar surface area (TPSA) is 76.9 Å². The van der Waals surface area contributed by atoms with Crippen molar-refractivity contribution < 1.29 is 8.42 Å². The molecule has 1 N–H and O–H groups in total. The Morgan fingerprint density at radius 2 is 1.92 bits per heavy atom. The van der Waals surface area contributed by atoms with E-state index in [1.807, 2.05) is 19.1 Å². The standard InChI is InChI=1S/C16H15IN4O2S/c1-12-2-5-14(6-3-12)24(22,23)20-16-7-4-13(8-15(16)17)9-21-11-18-10-19-21/h2-8,10-11,20H,9H2,1H3. The predicted octanol–water partition coefficient (Wildman–Crippen LogP) is 3.04. The molecule has 3 aromatic rings. The van der Waals surface area contributed by atoms with Crippen molar-refractivity contribution in [3.63, 3.8) is 0 Å². The third-order valence-electron chi connectivity index (χ3n) is 3.42. The average Bonchev–Trinajstić information content (AvgIpc) is 3.03. The minimum Gasteiger partial charge on any atom is -0.279 e. The van der Waals surface area contributed by atoms with Gasteiger partial charge in [0.1, 0.15) is 12.7 Å². The molecule has 1 heterocycles. The summed E-state index contributed by atoms with van der Waals surface area (Å²) in [6.45, 7) is 2.50. The van der Waals surface area contributed by atoms with Crippen molar-refractivity contribution in [3.05, 3.63) is 69.8 Å². The van der Waals surface area contributed by atoms with E-state index in [0.29, 0.717) is 12.2 Å². The maximum Gasteiger partial charge on any atom is 0.261 e. The van der Waals surface area contributed by atoms with Crippen LogP contribution in [0.4, 0.5) is 5.69 Å². The van der Waals surface area contributed by atoms with Crippen LogP contribution < -0.4 is 4.72 Å². The van der Waals surface area contributed by atoms with Crippen LogP contribution in [0.25, 0.3) is 0 Å². The number of sulfonamides is 1. The van der Waals surface area contributed by atoms with Gasteiger partial charge in [0.25, 0.3) is 10.0 Å². The largest absolute Gasteiger partial charge is 0.279 e. The van der Waals surface area contributed by atoms with Gasteiger partial charge in [-0.05, 0) is 59.3 Å². The number of halogens is 1. The van der Waals surface area contributed by atoms with Gasteiger partial charge in [0, 0.05) is 3.57 Å². The molecule has 0 unspecified atom stereocenters. The van der Waals surface area contributed by atoms with Gasteiger partial charge in [0.15, 0.2) is 0 Å². The fourth-order valence-corrected chi connectivity index (χ4v) is 4.14. The Hall–Kier alpha value is -1.94. The van der Waals surface area contributed by atoms with Gasteiger partial charge in [0.2, 0.25) is 0 Å². The second kappa shape index (κ2) is 6.89. The first kappa shape index (κ1) is 16.9. The lowest BCUT2D eigenvalue weighted by atomic mass is 10.2. The maximum absolute atomic E-state index is 12.5. The number of hydrogen-bond acceptors (Lipinski definition) is 4. The van der Waals surface area contributed by atoms with Crippen LogP contribution in [0.5, 0.6) is 0 Å². The number of nitrogens with zero attached hydrogens (tertiary/aromatic N) is 3. The highest BCUT2D eigenvalue weighted by Crippen LogP contribution is 2.23. The van der Waals surface area contributed by atoms with Crippen LogP contribution in [0.1, 0.15) is 11.1 Å². The van der Waals surface area contributed by atoms with Gasteiger partial charge in [-0.25, -0.2) is 18.1 Å². The first-order chi connectivity index (χ1) is 11.4. The van der Waals surface area contributed by atoms with Crippen molar-refractivity contribution in [1.29, 1.82) is 0 Å². The molecule has 124 valence electrons. The van der Waals surface area contributed by atoms with E-state index in [1.54, 1.807) is 41.3 Å². The molecule has 24 heavy (non-hydrogen) atoms. The second-order valence-corrected chi connectivity index (χ2v) is 8.17. The predicted molar refractivity (Wildman–Crippen MR) is 100 cm³/mol. The van der Waals surface area contributed by atoms with Crippen molar-refractivity contribution >= 4 is 38.3 Å². The number of benzene rings is 2. The Morgan fingerprint density at radius 1 is 1.17 bits per heavy atom. The molecule has 8 heteroatoms. The fourth-order valence-electron chi connectivity index (χ4n) is 2.16. The fraction of sp³-hybridized carbons (Fsp3) is 0.125. The van der Waals surface area contributed by atoms with Crippen LogP contribution in [0.2, 0.25) is 0 Å². The van der Waals surface area contributed by atoms with Crippen molar-refractivity contribution in [2.75, 3.05) is 4.72 Å². The van der Waals surface area contributed by atoms with Gasteiger partial charge in [-0.15, -0.1) is 0 Å². The number of aromatic nitrogens is 3. The summed E-state index contributed by atoms with van der Waals surface area (Å²) in [4.78, 5) is 4.15. The molecule has 0 aliphatic carbocycles. The molecule has 0 radical (unpaired) electrons. The van der Waals surface area contributed by atoms with Crippen LogP contribution in [-0.4, -0.2) is 23.2 Å². The van der Waals surface area contributed by atoms with Crippen molar-refractivity contribution in [3.8, 4) is 0 Å². The molecule has 0 saturated carbocycles. The third-order valence-corrected chi connectivity index (χ3v) is 5.69. The lowest BCUT2D eigenvalue weighted by molar-refractivity contribution is 0.601. The number of hydrogen-bond donors (Lipinski definition) is 1. The van der Waals surface area contributed by atoms with Crippen molar-refractivity contribution in [1.82, 2.24) is 14.8 Å². The van der Waals surface area contributed by atoms with E-state index in [9.17, 15) is 8.42 Å². The van der Waals surface area contributed by atoms with Crippen LogP contribution in [-0.2, 0) is 16.6 Å². The first-order valence-electron chi connectivity index (χ1n) is 7.14. The van der Waals surface area contributed by atoms with Gasteiger partial charge in [-0.3, -0.25) is 4.72 Å². The maximum atomic E-state index is 12.5. The molecule has 0 saturated heterocycles. The molecule has 0 aliphatic heterocycles.